The van der Waals surface area contributed by atoms with Gasteiger partial charge >= 0.3 is 5.97 Å². The Hall–Kier alpha value is -0.830. The van der Waals surface area contributed by atoms with E-state index in [0.29, 0.717) is 0 Å². The number of esters is 1. The summed E-state index contributed by atoms with van der Waals surface area (Å²) >= 11 is 3.45. The first-order valence-corrected chi connectivity index (χ1v) is 7.61. The van der Waals surface area contributed by atoms with Crippen molar-refractivity contribution in [1.82, 2.24) is 0 Å². The van der Waals surface area contributed by atoms with Crippen molar-refractivity contribution in [2.24, 2.45) is 0 Å². The van der Waals surface area contributed by atoms with Gasteiger partial charge in [0.25, 0.3) is 0 Å². The molecule has 1 atom stereocenters. The highest BCUT2D eigenvalue weighted by atomic mass is 79.9. The van der Waals surface area contributed by atoms with Crippen molar-refractivity contribution >= 4 is 21.9 Å². The van der Waals surface area contributed by atoms with Crippen LogP contribution in [0.1, 0.15) is 56.8 Å². The van der Waals surface area contributed by atoms with Crippen molar-refractivity contribution in [2.45, 2.75) is 51.0 Å². The van der Waals surface area contributed by atoms with Gasteiger partial charge in [-0.05, 0) is 24.0 Å². The van der Waals surface area contributed by atoms with Gasteiger partial charge in [-0.15, -0.1) is 0 Å². The molecule has 100 valence electrons. The fourth-order valence-corrected chi connectivity index (χ4v) is 2.30. The van der Waals surface area contributed by atoms with E-state index in [-0.39, 0.29) is 12.1 Å². The second-order valence-electron chi connectivity index (χ2n) is 4.47. The van der Waals surface area contributed by atoms with Gasteiger partial charge in [-0.2, -0.15) is 0 Å². The molecular formula is C15H21BrO2. The fourth-order valence-electron chi connectivity index (χ4n) is 1.95. The number of unbranched alkanes of at least 4 members (excludes halogenated alkanes) is 2. The van der Waals surface area contributed by atoms with E-state index < -0.39 is 0 Å². The first kappa shape index (κ1) is 15.2. The van der Waals surface area contributed by atoms with Gasteiger partial charge in [0.05, 0.1) is 0 Å². The number of alkyl halides is 1. The Balaban J connectivity index is 2.75. The van der Waals surface area contributed by atoms with Crippen molar-refractivity contribution < 1.29 is 9.53 Å². The lowest BCUT2D eigenvalue weighted by Gasteiger charge is -2.18. The highest BCUT2D eigenvalue weighted by molar-refractivity contribution is 9.08. The Morgan fingerprint density at radius 1 is 1.39 bits per heavy atom. The Labute approximate surface area is 118 Å². The van der Waals surface area contributed by atoms with Gasteiger partial charge in [0.2, 0.25) is 0 Å². The van der Waals surface area contributed by atoms with E-state index in [1.54, 1.807) is 0 Å². The SMILES string of the molecule is CCCCCC(OC(C)=O)c1cccc(CBr)c1. The summed E-state index contributed by atoms with van der Waals surface area (Å²) in [7, 11) is 0. The van der Waals surface area contributed by atoms with E-state index in [2.05, 4.69) is 35.0 Å². The van der Waals surface area contributed by atoms with Crippen LogP contribution in [0.4, 0.5) is 0 Å². The number of carbonyl (C=O) groups is 1. The lowest BCUT2D eigenvalue weighted by Crippen LogP contribution is -2.09. The lowest BCUT2D eigenvalue weighted by atomic mass is 10.0. The molecule has 0 aromatic heterocycles. The third kappa shape index (κ3) is 5.21. The number of halogens is 1. The largest absolute Gasteiger partial charge is 0.458 e. The van der Waals surface area contributed by atoms with Crippen LogP contribution in [0.15, 0.2) is 24.3 Å². The molecule has 0 saturated heterocycles. The van der Waals surface area contributed by atoms with Crippen molar-refractivity contribution in [3.8, 4) is 0 Å². The first-order valence-electron chi connectivity index (χ1n) is 6.49. The van der Waals surface area contributed by atoms with Gasteiger partial charge in [-0.3, -0.25) is 4.79 Å². The van der Waals surface area contributed by atoms with Gasteiger partial charge in [-0.1, -0.05) is 60.0 Å². The molecule has 18 heavy (non-hydrogen) atoms. The van der Waals surface area contributed by atoms with Crippen LogP contribution in [0, 0.1) is 0 Å². The van der Waals surface area contributed by atoms with Crippen molar-refractivity contribution in [2.75, 3.05) is 0 Å². The Bertz CT molecular complexity index is 377. The molecule has 0 amide bonds. The molecule has 0 aliphatic heterocycles. The molecule has 1 unspecified atom stereocenters. The summed E-state index contributed by atoms with van der Waals surface area (Å²) in [5.41, 5.74) is 2.30. The molecule has 3 heteroatoms. The molecule has 0 aliphatic carbocycles. The third-order valence-electron chi connectivity index (χ3n) is 2.86. The van der Waals surface area contributed by atoms with Crippen LogP contribution < -0.4 is 0 Å². The van der Waals surface area contributed by atoms with Crippen LogP contribution in [0.3, 0.4) is 0 Å². The van der Waals surface area contributed by atoms with E-state index in [9.17, 15) is 4.79 Å². The Morgan fingerprint density at radius 3 is 2.78 bits per heavy atom. The molecule has 0 spiro atoms. The average molecular weight is 313 g/mol. The fraction of sp³-hybridized carbons (Fsp3) is 0.533. The number of benzene rings is 1. The molecule has 1 rings (SSSR count). The number of hydrogen-bond donors (Lipinski definition) is 0. The lowest BCUT2D eigenvalue weighted by molar-refractivity contribution is -0.147. The minimum Gasteiger partial charge on any atom is -0.458 e. The van der Waals surface area contributed by atoms with Crippen LogP contribution >= 0.6 is 15.9 Å². The Morgan fingerprint density at radius 2 is 2.17 bits per heavy atom. The molecule has 0 saturated carbocycles. The zero-order valence-electron chi connectivity index (χ0n) is 11.1. The van der Waals surface area contributed by atoms with Crippen LogP contribution in [0.25, 0.3) is 0 Å². The van der Waals surface area contributed by atoms with E-state index in [1.807, 2.05) is 12.1 Å². The minimum atomic E-state index is -0.208. The highest BCUT2D eigenvalue weighted by Crippen LogP contribution is 2.25. The van der Waals surface area contributed by atoms with E-state index >= 15 is 0 Å². The van der Waals surface area contributed by atoms with E-state index in [1.165, 1.54) is 25.3 Å². The van der Waals surface area contributed by atoms with Gasteiger partial charge < -0.3 is 4.74 Å². The van der Waals surface area contributed by atoms with Gasteiger partial charge in [0, 0.05) is 12.3 Å². The van der Waals surface area contributed by atoms with Crippen LogP contribution in [0.2, 0.25) is 0 Å². The average Bonchev–Trinajstić information content (AvgIpc) is 2.37. The smallest absolute Gasteiger partial charge is 0.303 e. The molecule has 0 aliphatic rings. The zero-order valence-corrected chi connectivity index (χ0v) is 12.7. The molecule has 0 bridgehead atoms. The van der Waals surface area contributed by atoms with Gasteiger partial charge in [0.1, 0.15) is 6.10 Å². The second kappa shape index (κ2) is 8.30. The summed E-state index contributed by atoms with van der Waals surface area (Å²) in [6.45, 7) is 3.65. The summed E-state index contributed by atoms with van der Waals surface area (Å²) in [6.07, 6.45) is 4.24. The molecule has 1 aromatic rings. The van der Waals surface area contributed by atoms with Gasteiger partial charge in [0.15, 0.2) is 0 Å². The van der Waals surface area contributed by atoms with Gasteiger partial charge in [-0.25, -0.2) is 0 Å². The third-order valence-corrected chi connectivity index (χ3v) is 3.50. The predicted molar refractivity (Wildman–Crippen MR) is 77.7 cm³/mol. The normalized spacial score (nSPS) is 12.2. The van der Waals surface area contributed by atoms with Crippen LogP contribution in [-0.2, 0) is 14.9 Å². The van der Waals surface area contributed by atoms with Crippen LogP contribution in [0.5, 0.6) is 0 Å². The van der Waals surface area contributed by atoms with Crippen LogP contribution in [-0.4, -0.2) is 5.97 Å². The number of hydrogen-bond acceptors (Lipinski definition) is 2. The molecule has 0 heterocycles. The molecule has 1 aromatic carbocycles. The highest BCUT2D eigenvalue weighted by Gasteiger charge is 2.14. The summed E-state index contributed by atoms with van der Waals surface area (Å²) in [5.74, 6) is -0.208. The maximum atomic E-state index is 11.2. The van der Waals surface area contributed by atoms with E-state index in [0.717, 1.165) is 23.7 Å². The predicted octanol–water partition coefficient (Wildman–Crippen LogP) is 4.77. The maximum Gasteiger partial charge on any atom is 0.303 e. The molecule has 0 radical (unpaired) electrons. The maximum absolute atomic E-state index is 11.2. The minimum absolute atomic E-state index is 0.104. The van der Waals surface area contributed by atoms with Crippen molar-refractivity contribution in [1.29, 1.82) is 0 Å². The molecular weight excluding hydrogens is 292 g/mol. The number of ether oxygens (including phenoxy) is 1. The monoisotopic (exact) mass is 312 g/mol. The molecule has 0 fully saturated rings. The molecule has 2 nitrogen and oxygen atoms in total. The first-order chi connectivity index (χ1) is 8.67. The summed E-state index contributed by atoms with van der Waals surface area (Å²) in [4.78, 5) is 11.2. The second-order valence-corrected chi connectivity index (χ2v) is 5.03. The summed E-state index contributed by atoms with van der Waals surface area (Å²) < 4.78 is 5.43. The zero-order chi connectivity index (χ0) is 13.4. The standard InChI is InChI=1S/C15H21BrO2/c1-3-4-5-9-15(18-12(2)17)14-8-6-7-13(10-14)11-16/h6-8,10,15H,3-5,9,11H2,1-2H3. The topological polar surface area (TPSA) is 26.3 Å². The summed E-state index contributed by atoms with van der Waals surface area (Å²) in [6, 6.07) is 8.22. The van der Waals surface area contributed by atoms with Crippen molar-refractivity contribution in [3.63, 3.8) is 0 Å². The quantitative estimate of drug-likeness (QED) is 0.412. The number of carbonyl (C=O) groups excluding carboxylic acids is 1. The summed E-state index contributed by atoms with van der Waals surface area (Å²) in [5, 5.41) is 0.822. The Kier molecular flexibility index (Phi) is 7.02. The number of rotatable bonds is 7. The molecule has 0 N–H and O–H groups in total. The van der Waals surface area contributed by atoms with Crippen molar-refractivity contribution in [3.05, 3.63) is 35.4 Å². The van der Waals surface area contributed by atoms with E-state index in [4.69, 9.17) is 4.74 Å².